The van der Waals surface area contributed by atoms with E-state index in [4.69, 9.17) is 0 Å². The standard InChI is InChI=1S/C13H19NO/c1-9-8-11-12(6-3-7-13(11)15)14(9)10-4-2-5-10/h8,10,13,15H,2-7H2,1H3. The van der Waals surface area contributed by atoms with Crippen LogP contribution in [-0.4, -0.2) is 9.67 Å². The Balaban J connectivity index is 2.05. The van der Waals surface area contributed by atoms with E-state index in [1.807, 2.05) is 0 Å². The van der Waals surface area contributed by atoms with Crippen LogP contribution in [-0.2, 0) is 6.42 Å². The molecule has 1 heterocycles. The van der Waals surface area contributed by atoms with Crippen LogP contribution in [0.1, 0.15) is 61.2 Å². The minimum absolute atomic E-state index is 0.200. The molecule has 0 bridgehead atoms. The van der Waals surface area contributed by atoms with Crippen molar-refractivity contribution in [3.8, 4) is 0 Å². The van der Waals surface area contributed by atoms with Gasteiger partial charge in [-0.15, -0.1) is 0 Å². The molecule has 0 radical (unpaired) electrons. The van der Waals surface area contributed by atoms with Crippen molar-refractivity contribution in [1.82, 2.24) is 4.57 Å². The Hall–Kier alpha value is -0.760. The molecule has 1 saturated carbocycles. The van der Waals surface area contributed by atoms with E-state index in [-0.39, 0.29) is 6.10 Å². The highest BCUT2D eigenvalue weighted by atomic mass is 16.3. The summed E-state index contributed by atoms with van der Waals surface area (Å²) in [5, 5.41) is 9.96. The lowest BCUT2D eigenvalue weighted by Crippen LogP contribution is -2.22. The first-order valence-corrected chi connectivity index (χ1v) is 6.16. The minimum atomic E-state index is -0.200. The molecule has 1 unspecified atom stereocenters. The van der Waals surface area contributed by atoms with Gasteiger partial charge in [0, 0.05) is 23.0 Å². The van der Waals surface area contributed by atoms with E-state index in [1.165, 1.54) is 36.2 Å². The normalized spacial score (nSPS) is 26.1. The van der Waals surface area contributed by atoms with Crippen molar-refractivity contribution in [2.45, 2.75) is 57.6 Å². The highest BCUT2D eigenvalue weighted by molar-refractivity contribution is 5.32. The zero-order valence-corrected chi connectivity index (χ0v) is 9.37. The maximum Gasteiger partial charge on any atom is 0.0807 e. The fourth-order valence-corrected chi connectivity index (χ4v) is 3.05. The molecule has 2 heteroatoms. The second-order valence-corrected chi connectivity index (χ2v) is 5.05. The topological polar surface area (TPSA) is 25.2 Å². The highest BCUT2D eigenvalue weighted by Crippen LogP contribution is 2.39. The summed E-state index contributed by atoms with van der Waals surface area (Å²) in [5.74, 6) is 0. The molecule has 2 nitrogen and oxygen atoms in total. The van der Waals surface area contributed by atoms with E-state index in [0.29, 0.717) is 0 Å². The molecule has 0 amide bonds. The van der Waals surface area contributed by atoms with Gasteiger partial charge in [-0.1, -0.05) is 0 Å². The van der Waals surface area contributed by atoms with Gasteiger partial charge < -0.3 is 9.67 Å². The van der Waals surface area contributed by atoms with E-state index in [9.17, 15) is 5.11 Å². The van der Waals surface area contributed by atoms with E-state index in [0.717, 1.165) is 25.3 Å². The molecule has 1 atom stereocenters. The van der Waals surface area contributed by atoms with Crippen molar-refractivity contribution >= 4 is 0 Å². The number of fused-ring (bicyclic) bond motifs is 1. The van der Waals surface area contributed by atoms with Crippen molar-refractivity contribution in [3.05, 3.63) is 23.0 Å². The van der Waals surface area contributed by atoms with Crippen LogP contribution in [0.3, 0.4) is 0 Å². The van der Waals surface area contributed by atoms with Gasteiger partial charge in [0.25, 0.3) is 0 Å². The van der Waals surface area contributed by atoms with Gasteiger partial charge in [0.2, 0.25) is 0 Å². The van der Waals surface area contributed by atoms with Crippen LogP contribution in [0.5, 0.6) is 0 Å². The van der Waals surface area contributed by atoms with Crippen LogP contribution in [0.25, 0.3) is 0 Å². The van der Waals surface area contributed by atoms with Crippen LogP contribution in [0.15, 0.2) is 6.07 Å². The molecule has 0 aliphatic heterocycles. The van der Waals surface area contributed by atoms with Gasteiger partial charge in [-0.3, -0.25) is 0 Å². The van der Waals surface area contributed by atoms with E-state index in [1.54, 1.807) is 0 Å². The number of aliphatic hydroxyl groups excluding tert-OH is 1. The third-order valence-corrected chi connectivity index (χ3v) is 4.06. The summed E-state index contributed by atoms with van der Waals surface area (Å²) in [5.41, 5.74) is 3.99. The van der Waals surface area contributed by atoms with Crippen LogP contribution in [0, 0.1) is 6.92 Å². The highest BCUT2D eigenvalue weighted by Gasteiger charge is 2.28. The van der Waals surface area contributed by atoms with E-state index < -0.39 is 0 Å². The summed E-state index contributed by atoms with van der Waals surface area (Å²) in [6.07, 6.45) is 7.09. The van der Waals surface area contributed by atoms with Crippen molar-refractivity contribution < 1.29 is 5.11 Å². The second-order valence-electron chi connectivity index (χ2n) is 5.05. The number of aromatic nitrogens is 1. The number of hydrogen-bond acceptors (Lipinski definition) is 1. The van der Waals surface area contributed by atoms with E-state index in [2.05, 4.69) is 17.6 Å². The van der Waals surface area contributed by atoms with Crippen LogP contribution in [0.2, 0.25) is 0 Å². The lowest BCUT2D eigenvalue weighted by molar-refractivity contribution is 0.154. The first kappa shape index (κ1) is 9.46. The molecular weight excluding hydrogens is 186 g/mol. The largest absolute Gasteiger partial charge is 0.388 e. The van der Waals surface area contributed by atoms with Crippen LogP contribution < -0.4 is 0 Å². The van der Waals surface area contributed by atoms with Crippen molar-refractivity contribution in [3.63, 3.8) is 0 Å². The number of rotatable bonds is 1. The molecule has 82 valence electrons. The first-order chi connectivity index (χ1) is 7.27. The smallest absolute Gasteiger partial charge is 0.0807 e. The van der Waals surface area contributed by atoms with Crippen molar-refractivity contribution in [2.24, 2.45) is 0 Å². The number of aryl methyl sites for hydroxylation is 1. The first-order valence-electron chi connectivity index (χ1n) is 6.16. The average Bonchev–Trinajstić information content (AvgIpc) is 2.44. The van der Waals surface area contributed by atoms with Crippen molar-refractivity contribution in [2.75, 3.05) is 0 Å². The van der Waals surface area contributed by atoms with Crippen molar-refractivity contribution in [1.29, 1.82) is 0 Å². The number of nitrogens with zero attached hydrogens (tertiary/aromatic N) is 1. The van der Waals surface area contributed by atoms with Gasteiger partial charge >= 0.3 is 0 Å². The molecule has 15 heavy (non-hydrogen) atoms. The summed E-state index contributed by atoms with van der Waals surface area (Å²) >= 11 is 0. The molecule has 2 aliphatic rings. The van der Waals surface area contributed by atoms with Gasteiger partial charge in [-0.05, 0) is 51.5 Å². The van der Waals surface area contributed by atoms with Gasteiger partial charge in [-0.2, -0.15) is 0 Å². The number of aliphatic hydroxyl groups is 1. The fraction of sp³-hybridized carbons (Fsp3) is 0.692. The lowest BCUT2D eigenvalue weighted by atomic mass is 9.90. The molecule has 1 aromatic rings. The summed E-state index contributed by atoms with van der Waals surface area (Å²) < 4.78 is 2.50. The summed E-state index contributed by atoms with van der Waals surface area (Å²) in [6, 6.07) is 2.94. The number of hydrogen-bond donors (Lipinski definition) is 1. The van der Waals surface area contributed by atoms with Gasteiger partial charge in [0.15, 0.2) is 0 Å². The quantitative estimate of drug-likeness (QED) is 0.749. The van der Waals surface area contributed by atoms with Crippen LogP contribution >= 0.6 is 0 Å². The predicted octanol–water partition coefficient (Wildman–Crippen LogP) is 2.89. The molecule has 1 aromatic heterocycles. The zero-order valence-electron chi connectivity index (χ0n) is 9.37. The second kappa shape index (κ2) is 3.38. The van der Waals surface area contributed by atoms with Gasteiger partial charge in [0.05, 0.1) is 6.10 Å². The molecule has 0 aromatic carbocycles. The lowest BCUT2D eigenvalue weighted by Gasteiger charge is -2.32. The van der Waals surface area contributed by atoms with Crippen LogP contribution in [0.4, 0.5) is 0 Å². The predicted molar refractivity (Wildman–Crippen MR) is 60.0 cm³/mol. The van der Waals surface area contributed by atoms with E-state index >= 15 is 0 Å². The zero-order chi connectivity index (χ0) is 10.4. The van der Waals surface area contributed by atoms with Gasteiger partial charge in [0.1, 0.15) is 0 Å². The molecule has 1 N–H and O–H groups in total. The Morgan fingerprint density at radius 2 is 2.07 bits per heavy atom. The third-order valence-electron chi connectivity index (χ3n) is 4.06. The SMILES string of the molecule is Cc1cc2c(n1C1CCC1)CCCC2O. The minimum Gasteiger partial charge on any atom is -0.388 e. The third kappa shape index (κ3) is 1.35. The maximum atomic E-state index is 9.96. The van der Waals surface area contributed by atoms with Gasteiger partial charge in [-0.25, -0.2) is 0 Å². The summed E-state index contributed by atoms with van der Waals surface area (Å²) in [6.45, 7) is 2.18. The monoisotopic (exact) mass is 205 g/mol. The molecular formula is C13H19NO. The average molecular weight is 205 g/mol. The summed E-state index contributed by atoms with van der Waals surface area (Å²) in [7, 11) is 0. The Morgan fingerprint density at radius 3 is 2.73 bits per heavy atom. The molecule has 0 spiro atoms. The Kier molecular flexibility index (Phi) is 2.13. The Labute approximate surface area is 90.9 Å². The fourth-order valence-electron chi connectivity index (χ4n) is 3.05. The maximum absolute atomic E-state index is 9.96. The molecule has 0 saturated heterocycles. The molecule has 1 fully saturated rings. The summed E-state index contributed by atoms with van der Waals surface area (Å²) in [4.78, 5) is 0. The molecule has 3 rings (SSSR count). The Morgan fingerprint density at radius 1 is 1.27 bits per heavy atom. The Bertz CT molecular complexity index is 376. The molecule has 2 aliphatic carbocycles.